The summed E-state index contributed by atoms with van der Waals surface area (Å²) in [7, 11) is -2.86. The lowest BCUT2D eigenvalue weighted by Crippen LogP contribution is -2.27. The first kappa shape index (κ1) is 14.1. The van der Waals surface area contributed by atoms with Gasteiger partial charge in [-0.3, -0.25) is 4.21 Å². The van der Waals surface area contributed by atoms with Gasteiger partial charge in [-0.25, -0.2) is 4.39 Å². The molecule has 0 saturated heterocycles. The van der Waals surface area contributed by atoms with Gasteiger partial charge in [-0.05, 0) is 6.07 Å². The van der Waals surface area contributed by atoms with Crippen molar-refractivity contribution in [2.45, 2.75) is 12.1 Å². The van der Waals surface area contributed by atoms with Gasteiger partial charge in [0.1, 0.15) is 16.6 Å². The van der Waals surface area contributed by atoms with Gasteiger partial charge in [-0.15, -0.1) is 0 Å². The van der Waals surface area contributed by atoms with E-state index in [2.05, 4.69) is 5.32 Å². The molecule has 96 valence electrons. The van der Waals surface area contributed by atoms with Crippen molar-refractivity contribution in [1.29, 1.82) is 0 Å². The number of hydrogen-bond acceptors (Lipinski definition) is 2. The third-order valence-electron chi connectivity index (χ3n) is 2.00. The van der Waals surface area contributed by atoms with Crippen LogP contribution in [0.5, 0.6) is 0 Å². The molecule has 0 aliphatic heterocycles. The van der Waals surface area contributed by atoms with E-state index < -0.39 is 27.9 Å². The molecule has 0 amide bonds. The molecule has 1 rings (SSSR count). The Bertz CT molecular complexity index is 394. The molecule has 0 aliphatic carbocycles. The molecule has 1 atom stereocenters. The van der Waals surface area contributed by atoms with Crippen molar-refractivity contribution in [3.63, 3.8) is 0 Å². The monoisotopic (exact) mass is 269 g/mol. The number of benzene rings is 1. The topological polar surface area (TPSA) is 29.1 Å². The number of halogens is 4. The lowest BCUT2D eigenvalue weighted by molar-refractivity contribution is -0.0384. The van der Waals surface area contributed by atoms with Crippen LogP contribution in [-0.4, -0.2) is 22.0 Å². The highest BCUT2D eigenvalue weighted by Gasteiger charge is 2.35. The third kappa shape index (κ3) is 4.82. The lowest BCUT2D eigenvalue weighted by Gasteiger charge is -2.07. The molecule has 0 bridgehead atoms. The molecule has 1 N–H and O–H groups in total. The van der Waals surface area contributed by atoms with Crippen LogP contribution in [0.15, 0.2) is 24.3 Å². The molecule has 1 unspecified atom stereocenters. The Morgan fingerprint density at radius 3 is 2.47 bits per heavy atom. The van der Waals surface area contributed by atoms with E-state index in [0.717, 1.165) is 0 Å². The Balaban J connectivity index is 2.30. The first-order chi connectivity index (χ1) is 7.91. The van der Waals surface area contributed by atoms with Crippen LogP contribution < -0.4 is 5.32 Å². The first-order valence-electron chi connectivity index (χ1n) is 4.80. The van der Waals surface area contributed by atoms with E-state index >= 15 is 0 Å². The van der Waals surface area contributed by atoms with Gasteiger partial charge in [-0.1, -0.05) is 18.2 Å². The highest BCUT2D eigenvalue weighted by Crippen LogP contribution is 2.19. The molecular weight excluding hydrogens is 258 g/mol. The van der Waals surface area contributed by atoms with Gasteiger partial charge in [0.25, 0.3) is 0 Å². The fourth-order valence-corrected chi connectivity index (χ4v) is 1.71. The summed E-state index contributed by atoms with van der Waals surface area (Å²) in [6, 6.07) is 5.96. The van der Waals surface area contributed by atoms with E-state index in [1.165, 1.54) is 18.2 Å². The van der Waals surface area contributed by atoms with Crippen molar-refractivity contribution < 1.29 is 21.8 Å². The Kier molecular flexibility index (Phi) is 5.07. The molecule has 0 spiro atoms. The normalized spacial score (nSPS) is 13.6. The molecule has 1 aromatic carbocycles. The van der Waals surface area contributed by atoms with Crippen LogP contribution in [0, 0.1) is 5.82 Å². The van der Waals surface area contributed by atoms with Gasteiger partial charge in [0.15, 0.2) is 0 Å². The maximum Gasteiger partial charge on any atom is 0.471 e. The predicted molar refractivity (Wildman–Crippen MR) is 57.2 cm³/mol. The Hall–Kier alpha value is -0.950. The first-order valence-corrected chi connectivity index (χ1v) is 6.12. The van der Waals surface area contributed by atoms with Crippen LogP contribution in [0.1, 0.15) is 5.56 Å². The maximum absolute atomic E-state index is 13.1. The molecule has 0 heterocycles. The van der Waals surface area contributed by atoms with Gasteiger partial charge in [0, 0.05) is 24.4 Å². The molecular formula is C10H11F4NOS. The summed E-state index contributed by atoms with van der Waals surface area (Å²) < 4.78 is 59.3. The number of hydrogen-bond donors (Lipinski definition) is 1. The molecule has 0 radical (unpaired) electrons. The summed E-state index contributed by atoms with van der Waals surface area (Å²) in [6.07, 6.45) is 0. The van der Waals surface area contributed by atoms with E-state index in [-0.39, 0.29) is 13.1 Å². The van der Waals surface area contributed by atoms with Gasteiger partial charge in [0.2, 0.25) is 0 Å². The van der Waals surface area contributed by atoms with Crippen LogP contribution in [0.3, 0.4) is 0 Å². The second-order valence-electron chi connectivity index (χ2n) is 3.26. The smallest absolute Gasteiger partial charge is 0.312 e. The van der Waals surface area contributed by atoms with Gasteiger partial charge < -0.3 is 5.32 Å². The van der Waals surface area contributed by atoms with Crippen molar-refractivity contribution >= 4 is 10.8 Å². The molecule has 17 heavy (non-hydrogen) atoms. The highest BCUT2D eigenvalue weighted by atomic mass is 32.2. The minimum Gasteiger partial charge on any atom is -0.312 e. The molecule has 0 aliphatic rings. The molecule has 7 heteroatoms. The van der Waals surface area contributed by atoms with Crippen molar-refractivity contribution in [3.8, 4) is 0 Å². The minimum absolute atomic E-state index is 0.0829. The highest BCUT2D eigenvalue weighted by molar-refractivity contribution is 7.85. The molecule has 2 nitrogen and oxygen atoms in total. The predicted octanol–water partition coefficient (Wildman–Crippen LogP) is 2.18. The number of nitrogens with one attached hydrogen (secondary N) is 1. The quantitative estimate of drug-likeness (QED) is 0.655. The zero-order chi connectivity index (χ0) is 12.9. The average molecular weight is 269 g/mol. The van der Waals surface area contributed by atoms with Crippen molar-refractivity contribution in [1.82, 2.24) is 5.32 Å². The van der Waals surface area contributed by atoms with Crippen LogP contribution in [0.2, 0.25) is 0 Å². The summed E-state index contributed by atoms with van der Waals surface area (Å²) in [5.41, 5.74) is -4.31. The Morgan fingerprint density at radius 1 is 1.24 bits per heavy atom. The molecule has 0 fully saturated rings. The van der Waals surface area contributed by atoms with E-state index in [4.69, 9.17) is 0 Å². The summed E-state index contributed by atoms with van der Waals surface area (Å²) in [5.74, 6) is -0.949. The van der Waals surface area contributed by atoms with E-state index in [1.807, 2.05) is 0 Å². The molecule has 0 saturated carbocycles. The molecule has 0 aromatic heterocycles. The Morgan fingerprint density at radius 2 is 1.88 bits per heavy atom. The van der Waals surface area contributed by atoms with Gasteiger partial charge >= 0.3 is 5.51 Å². The number of rotatable bonds is 5. The minimum atomic E-state index is -4.68. The van der Waals surface area contributed by atoms with E-state index in [0.29, 0.717) is 5.56 Å². The summed E-state index contributed by atoms with van der Waals surface area (Å²) in [6.45, 7) is 0.0299. The Labute approximate surface area is 98.5 Å². The van der Waals surface area contributed by atoms with Crippen molar-refractivity contribution in [2.75, 3.05) is 12.3 Å². The van der Waals surface area contributed by atoms with Crippen molar-refractivity contribution in [3.05, 3.63) is 35.6 Å². The van der Waals surface area contributed by atoms with Crippen molar-refractivity contribution in [2.24, 2.45) is 0 Å². The summed E-state index contributed by atoms with van der Waals surface area (Å²) in [4.78, 5) is 0. The second kappa shape index (κ2) is 6.11. The van der Waals surface area contributed by atoms with Gasteiger partial charge in [-0.2, -0.15) is 13.2 Å². The third-order valence-corrected chi connectivity index (χ3v) is 3.09. The second-order valence-corrected chi connectivity index (χ2v) is 4.83. The summed E-state index contributed by atoms with van der Waals surface area (Å²) in [5, 5.41) is 2.61. The fraction of sp³-hybridized carbons (Fsp3) is 0.400. The largest absolute Gasteiger partial charge is 0.471 e. The molecule has 1 aromatic rings. The fourth-order valence-electron chi connectivity index (χ4n) is 1.15. The SMILES string of the molecule is O=S(CCNCc1ccccc1F)C(F)(F)F. The van der Waals surface area contributed by atoms with Crippen LogP contribution >= 0.6 is 0 Å². The van der Waals surface area contributed by atoms with Crippen LogP contribution in [0.4, 0.5) is 17.6 Å². The van der Waals surface area contributed by atoms with E-state index in [9.17, 15) is 21.8 Å². The summed E-state index contributed by atoms with van der Waals surface area (Å²) >= 11 is 0. The van der Waals surface area contributed by atoms with Crippen LogP contribution in [0.25, 0.3) is 0 Å². The van der Waals surface area contributed by atoms with Crippen LogP contribution in [-0.2, 0) is 17.3 Å². The average Bonchev–Trinajstić information content (AvgIpc) is 2.25. The zero-order valence-corrected chi connectivity index (χ0v) is 9.58. The van der Waals surface area contributed by atoms with Gasteiger partial charge in [0.05, 0.1) is 0 Å². The number of alkyl halides is 3. The zero-order valence-electron chi connectivity index (χ0n) is 8.76. The van der Waals surface area contributed by atoms with E-state index in [1.54, 1.807) is 6.07 Å². The maximum atomic E-state index is 13.1. The lowest BCUT2D eigenvalue weighted by atomic mass is 10.2. The standard InChI is InChI=1S/C10H11F4NOS/c11-9-4-2-1-3-8(9)7-15-5-6-17(16)10(12,13)14/h1-4,15H,5-7H2.